The summed E-state index contributed by atoms with van der Waals surface area (Å²) in [4.78, 5) is 1.21. The van der Waals surface area contributed by atoms with Gasteiger partial charge in [0.25, 0.3) is 0 Å². The monoisotopic (exact) mass is 341 g/mol. The van der Waals surface area contributed by atoms with Crippen molar-refractivity contribution in [3.8, 4) is 0 Å². The van der Waals surface area contributed by atoms with Crippen LogP contribution in [0.4, 0.5) is 0 Å². The number of halogens is 1. The number of hydrogen-bond acceptors (Lipinski definition) is 3. The highest BCUT2D eigenvalue weighted by Crippen LogP contribution is 2.31. The van der Waals surface area contributed by atoms with Gasteiger partial charge in [-0.3, -0.25) is 4.68 Å². The molecule has 0 amide bonds. The lowest BCUT2D eigenvalue weighted by molar-refractivity contribution is 0.472. The minimum Gasteiger partial charge on any atom is -0.323 e. The van der Waals surface area contributed by atoms with Crippen LogP contribution in [0.25, 0.3) is 0 Å². The molecule has 5 heteroatoms. The highest BCUT2D eigenvalue weighted by atomic mass is 79.9. The number of nitrogens with two attached hydrogens (primary N) is 1. The Kier molecular flexibility index (Phi) is 4.81. The Morgan fingerprint density at radius 1 is 1.53 bits per heavy atom. The largest absolute Gasteiger partial charge is 0.323 e. The van der Waals surface area contributed by atoms with Gasteiger partial charge in [-0.1, -0.05) is 6.92 Å². The van der Waals surface area contributed by atoms with Crippen LogP contribution in [0.15, 0.2) is 22.1 Å². The molecule has 3 nitrogen and oxygen atoms in total. The summed E-state index contributed by atoms with van der Waals surface area (Å²) in [6.45, 7) is 6.44. The summed E-state index contributed by atoms with van der Waals surface area (Å²) in [6.07, 6.45) is 3.92. The molecule has 0 saturated heterocycles. The Balaban J connectivity index is 2.06. The second kappa shape index (κ2) is 6.20. The lowest BCUT2D eigenvalue weighted by Crippen LogP contribution is -2.13. The number of aromatic nitrogens is 2. The molecule has 2 heterocycles. The fourth-order valence-corrected chi connectivity index (χ4v) is 3.48. The van der Waals surface area contributed by atoms with Gasteiger partial charge in [-0.2, -0.15) is 5.10 Å². The topological polar surface area (TPSA) is 43.8 Å². The molecule has 0 aliphatic carbocycles. The van der Waals surface area contributed by atoms with Crippen LogP contribution in [-0.2, 0) is 6.42 Å². The van der Waals surface area contributed by atoms with Crippen molar-refractivity contribution < 1.29 is 0 Å². The third kappa shape index (κ3) is 3.46. The van der Waals surface area contributed by atoms with Crippen molar-refractivity contribution in [3.05, 3.63) is 38.3 Å². The quantitative estimate of drug-likeness (QED) is 0.884. The Bertz CT molecular complexity index is 527. The van der Waals surface area contributed by atoms with Crippen LogP contribution in [-0.4, -0.2) is 9.78 Å². The van der Waals surface area contributed by atoms with Gasteiger partial charge < -0.3 is 5.73 Å². The molecular formula is C14H20BrN3S. The van der Waals surface area contributed by atoms with Gasteiger partial charge in [0.1, 0.15) is 0 Å². The zero-order valence-electron chi connectivity index (χ0n) is 11.6. The molecule has 104 valence electrons. The maximum absolute atomic E-state index is 6.27. The van der Waals surface area contributed by atoms with Crippen molar-refractivity contribution in [1.82, 2.24) is 9.78 Å². The van der Waals surface area contributed by atoms with Crippen molar-refractivity contribution in [2.45, 2.75) is 45.7 Å². The molecule has 19 heavy (non-hydrogen) atoms. The lowest BCUT2D eigenvalue weighted by atomic mass is 10.1. The highest BCUT2D eigenvalue weighted by molar-refractivity contribution is 9.11. The molecule has 2 unspecified atom stereocenters. The molecule has 2 atom stereocenters. The summed E-state index contributed by atoms with van der Waals surface area (Å²) in [6, 6.07) is 4.70. The van der Waals surface area contributed by atoms with Crippen LogP contribution in [0, 0.1) is 6.92 Å². The van der Waals surface area contributed by atoms with Gasteiger partial charge in [0.15, 0.2) is 0 Å². The number of hydrogen-bond donors (Lipinski definition) is 1. The minimum absolute atomic E-state index is 0.0234. The van der Waals surface area contributed by atoms with Crippen molar-refractivity contribution >= 4 is 27.3 Å². The van der Waals surface area contributed by atoms with E-state index in [1.165, 1.54) is 14.2 Å². The molecule has 2 aromatic heterocycles. The molecule has 0 aliphatic heterocycles. The summed E-state index contributed by atoms with van der Waals surface area (Å²) >= 11 is 5.26. The SMILES string of the molecule is CCC(C)n1ccc(CC(N)c2cc(C)c(Br)s2)n1. The van der Waals surface area contributed by atoms with Crippen molar-refractivity contribution in [2.24, 2.45) is 5.73 Å². The van der Waals surface area contributed by atoms with Crippen molar-refractivity contribution in [3.63, 3.8) is 0 Å². The molecule has 0 spiro atoms. The van der Waals surface area contributed by atoms with Crippen LogP contribution in [0.5, 0.6) is 0 Å². The third-order valence-corrected chi connectivity index (χ3v) is 5.65. The van der Waals surface area contributed by atoms with E-state index in [2.05, 4.69) is 53.9 Å². The van der Waals surface area contributed by atoms with E-state index in [0.717, 1.165) is 18.5 Å². The van der Waals surface area contributed by atoms with Gasteiger partial charge in [-0.05, 0) is 53.9 Å². The fraction of sp³-hybridized carbons (Fsp3) is 0.500. The van der Waals surface area contributed by atoms with E-state index in [0.29, 0.717) is 6.04 Å². The summed E-state index contributed by atoms with van der Waals surface area (Å²) in [5.74, 6) is 0. The van der Waals surface area contributed by atoms with Gasteiger partial charge in [-0.25, -0.2) is 0 Å². The normalized spacial score (nSPS) is 14.6. The lowest BCUT2D eigenvalue weighted by Gasteiger charge is -2.09. The second-order valence-corrected chi connectivity index (χ2v) is 7.36. The second-order valence-electron chi connectivity index (χ2n) is 4.96. The summed E-state index contributed by atoms with van der Waals surface area (Å²) in [5.41, 5.74) is 8.58. The molecular weight excluding hydrogens is 322 g/mol. The first kappa shape index (κ1) is 14.8. The first-order valence-electron chi connectivity index (χ1n) is 6.56. The smallest absolute Gasteiger partial charge is 0.0731 e. The molecule has 0 saturated carbocycles. The predicted octanol–water partition coefficient (Wildman–Crippen LogP) is 4.23. The summed E-state index contributed by atoms with van der Waals surface area (Å²) in [5, 5.41) is 4.61. The van der Waals surface area contributed by atoms with Crippen LogP contribution in [0.3, 0.4) is 0 Å². The molecule has 2 N–H and O–H groups in total. The first-order chi connectivity index (χ1) is 9.01. The molecule has 2 aromatic rings. The van der Waals surface area contributed by atoms with Crippen LogP contribution < -0.4 is 5.73 Å². The number of aryl methyl sites for hydroxylation is 1. The van der Waals surface area contributed by atoms with E-state index in [4.69, 9.17) is 5.73 Å². The van der Waals surface area contributed by atoms with E-state index < -0.39 is 0 Å². The van der Waals surface area contributed by atoms with E-state index >= 15 is 0 Å². The van der Waals surface area contributed by atoms with Crippen molar-refractivity contribution in [1.29, 1.82) is 0 Å². The molecule has 0 aromatic carbocycles. The van der Waals surface area contributed by atoms with Crippen LogP contribution in [0.1, 0.15) is 48.5 Å². The van der Waals surface area contributed by atoms with Crippen molar-refractivity contribution in [2.75, 3.05) is 0 Å². The van der Waals surface area contributed by atoms with Gasteiger partial charge in [0.05, 0.1) is 9.48 Å². The summed E-state index contributed by atoms with van der Waals surface area (Å²) in [7, 11) is 0. The number of rotatable bonds is 5. The van der Waals surface area contributed by atoms with E-state index in [9.17, 15) is 0 Å². The third-order valence-electron chi connectivity index (χ3n) is 3.38. The van der Waals surface area contributed by atoms with Gasteiger partial charge in [0, 0.05) is 29.6 Å². The zero-order valence-corrected chi connectivity index (χ0v) is 14.0. The predicted molar refractivity (Wildman–Crippen MR) is 84.6 cm³/mol. The average molecular weight is 342 g/mol. The van der Waals surface area contributed by atoms with E-state index in [1.807, 2.05) is 10.9 Å². The summed E-state index contributed by atoms with van der Waals surface area (Å²) < 4.78 is 3.19. The molecule has 0 radical (unpaired) electrons. The van der Waals surface area contributed by atoms with Crippen LogP contribution >= 0.6 is 27.3 Å². The Morgan fingerprint density at radius 3 is 2.84 bits per heavy atom. The van der Waals surface area contributed by atoms with E-state index in [1.54, 1.807) is 11.3 Å². The Labute approximate surface area is 126 Å². The van der Waals surface area contributed by atoms with Crippen LogP contribution in [0.2, 0.25) is 0 Å². The molecule has 2 rings (SSSR count). The molecule has 0 aliphatic rings. The minimum atomic E-state index is 0.0234. The van der Waals surface area contributed by atoms with E-state index in [-0.39, 0.29) is 6.04 Å². The molecule has 0 bridgehead atoms. The Hall–Kier alpha value is -0.650. The maximum Gasteiger partial charge on any atom is 0.0731 e. The maximum atomic E-state index is 6.27. The average Bonchev–Trinajstić information content (AvgIpc) is 2.97. The zero-order chi connectivity index (χ0) is 14.0. The standard InChI is InChI=1S/C14H20BrN3S/c1-4-10(3)18-6-5-11(17-18)8-12(16)13-7-9(2)14(15)19-13/h5-7,10,12H,4,8,16H2,1-3H3. The van der Waals surface area contributed by atoms with Gasteiger partial charge >= 0.3 is 0 Å². The number of nitrogens with zero attached hydrogens (tertiary/aromatic N) is 2. The highest BCUT2D eigenvalue weighted by Gasteiger charge is 2.14. The number of thiophene rings is 1. The Morgan fingerprint density at radius 2 is 2.26 bits per heavy atom. The fourth-order valence-electron chi connectivity index (χ4n) is 1.91. The first-order valence-corrected chi connectivity index (χ1v) is 8.17. The van der Waals surface area contributed by atoms with Gasteiger partial charge in [-0.15, -0.1) is 11.3 Å². The van der Waals surface area contributed by atoms with Gasteiger partial charge in [0.2, 0.25) is 0 Å². The molecule has 0 fully saturated rings.